The molecule has 0 aromatic carbocycles. The van der Waals surface area contributed by atoms with Crippen LogP contribution in [0.15, 0.2) is 12.4 Å². The van der Waals surface area contributed by atoms with E-state index in [1.807, 2.05) is 0 Å². The molecule has 0 atom stereocenters. The Bertz CT molecular complexity index is 348. The molecule has 0 bridgehead atoms. The van der Waals surface area contributed by atoms with Crippen LogP contribution < -0.4 is 4.90 Å². The number of anilines is 1. The first-order chi connectivity index (χ1) is 7.54. The maximum Gasteiger partial charge on any atom is 0.132 e. The van der Waals surface area contributed by atoms with E-state index in [4.69, 9.17) is 0 Å². The fourth-order valence-corrected chi connectivity index (χ4v) is 2.14. The summed E-state index contributed by atoms with van der Waals surface area (Å²) in [7, 11) is 0. The van der Waals surface area contributed by atoms with E-state index in [0.717, 1.165) is 31.0 Å². The molecule has 2 heterocycles. The summed E-state index contributed by atoms with van der Waals surface area (Å²) in [5.41, 5.74) is 1.45. The highest BCUT2D eigenvalue weighted by Crippen LogP contribution is 2.22. The second-order valence-electron chi connectivity index (χ2n) is 5.80. The smallest absolute Gasteiger partial charge is 0.132 e. The lowest BCUT2D eigenvalue weighted by Crippen LogP contribution is -2.20. The molecule has 0 saturated carbocycles. The molecule has 1 aromatic heterocycles. The molecule has 0 N–H and O–H groups in total. The Labute approximate surface area is 97.9 Å². The lowest BCUT2D eigenvalue weighted by atomic mass is 9.90. The molecule has 88 valence electrons. The molecular weight excluding hydrogens is 198 g/mol. The highest BCUT2D eigenvalue weighted by Gasteiger charge is 2.16. The van der Waals surface area contributed by atoms with Crippen LogP contribution in [0.25, 0.3) is 0 Å². The third-order valence-corrected chi connectivity index (χ3v) is 2.85. The van der Waals surface area contributed by atoms with E-state index < -0.39 is 0 Å². The molecule has 0 aliphatic carbocycles. The fraction of sp³-hybridized carbons (Fsp3) is 0.692. The Morgan fingerprint density at radius 2 is 1.88 bits per heavy atom. The Morgan fingerprint density at radius 3 is 2.50 bits per heavy atom. The van der Waals surface area contributed by atoms with E-state index in [0.29, 0.717) is 0 Å². The lowest BCUT2D eigenvalue weighted by molar-refractivity contribution is 0.406. The van der Waals surface area contributed by atoms with Crippen LogP contribution in [0, 0.1) is 5.41 Å². The molecular formula is C13H21N3. The van der Waals surface area contributed by atoms with Gasteiger partial charge in [-0.2, -0.15) is 0 Å². The standard InChI is InChI=1S/C13H21N3/c1-13(2,3)9-11-8-12(15-10-14-11)16-6-4-5-7-16/h8,10H,4-7,9H2,1-3H3. The molecule has 3 heteroatoms. The van der Waals surface area contributed by atoms with Crippen LogP contribution in [0.5, 0.6) is 0 Å². The van der Waals surface area contributed by atoms with Crippen molar-refractivity contribution in [2.75, 3.05) is 18.0 Å². The van der Waals surface area contributed by atoms with Gasteiger partial charge in [0.2, 0.25) is 0 Å². The minimum atomic E-state index is 0.288. The third kappa shape index (κ3) is 2.94. The van der Waals surface area contributed by atoms with Gasteiger partial charge in [0.1, 0.15) is 12.1 Å². The predicted octanol–water partition coefficient (Wildman–Crippen LogP) is 2.67. The summed E-state index contributed by atoms with van der Waals surface area (Å²) in [5.74, 6) is 1.10. The number of aromatic nitrogens is 2. The summed E-state index contributed by atoms with van der Waals surface area (Å²) in [5, 5.41) is 0. The van der Waals surface area contributed by atoms with Gasteiger partial charge >= 0.3 is 0 Å². The van der Waals surface area contributed by atoms with Crippen molar-refractivity contribution in [1.82, 2.24) is 9.97 Å². The number of nitrogens with zero attached hydrogens (tertiary/aromatic N) is 3. The van der Waals surface area contributed by atoms with E-state index in [9.17, 15) is 0 Å². The van der Waals surface area contributed by atoms with Gasteiger partial charge in [0.05, 0.1) is 0 Å². The number of rotatable bonds is 2. The molecule has 0 unspecified atom stereocenters. The van der Waals surface area contributed by atoms with Crippen LogP contribution in [0.3, 0.4) is 0 Å². The fourth-order valence-electron chi connectivity index (χ4n) is 2.14. The Morgan fingerprint density at radius 1 is 1.19 bits per heavy atom. The average molecular weight is 219 g/mol. The molecule has 0 radical (unpaired) electrons. The van der Waals surface area contributed by atoms with Crippen molar-refractivity contribution in [3.05, 3.63) is 18.1 Å². The molecule has 2 rings (SSSR count). The average Bonchev–Trinajstić information content (AvgIpc) is 2.68. The molecule has 1 saturated heterocycles. The van der Waals surface area contributed by atoms with Crippen molar-refractivity contribution in [3.8, 4) is 0 Å². The summed E-state index contributed by atoms with van der Waals surface area (Å²) in [6, 6.07) is 2.15. The SMILES string of the molecule is CC(C)(C)Cc1cc(N2CCCC2)ncn1. The first kappa shape index (κ1) is 11.4. The summed E-state index contributed by atoms with van der Waals surface area (Å²) in [4.78, 5) is 11.1. The monoisotopic (exact) mass is 219 g/mol. The van der Waals surface area contributed by atoms with Gasteiger partial charge in [-0.25, -0.2) is 9.97 Å². The van der Waals surface area contributed by atoms with Gasteiger partial charge in [-0.15, -0.1) is 0 Å². The van der Waals surface area contributed by atoms with Crippen molar-refractivity contribution in [3.63, 3.8) is 0 Å². The quantitative estimate of drug-likeness (QED) is 0.765. The molecule has 1 fully saturated rings. The van der Waals surface area contributed by atoms with Gasteiger partial charge in [-0.1, -0.05) is 20.8 Å². The number of hydrogen-bond acceptors (Lipinski definition) is 3. The maximum atomic E-state index is 4.37. The first-order valence-electron chi connectivity index (χ1n) is 6.10. The summed E-state index contributed by atoms with van der Waals surface area (Å²) in [6.45, 7) is 9.01. The van der Waals surface area contributed by atoms with E-state index in [1.54, 1.807) is 6.33 Å². The van der Waals surface area contributed by atoms with Gasteiger partial charge in [-0.05, 0) is 24.7 Å². The summed E-state index contributed by atoms with van der Waals surface area (Å²) >= 11 is 0. The topological polar surface area (TPSA) is 29.0 Å². The van der Waals surface area contributed by atoms with E-state index in [1.165, 1.54) is 12.8 Å². The summed E-state index contributed by atoms with van der Waals surface area (Å²) < 4.78 is 0. The highest BCUT2D eigenvalue weighted by molar-refractivity contribution is 5.39. The second-order valence-corrected chi connectivity index (χ2v) is 5.80. The second kappa shape index (κ2) is 4.40. The third-order valence-electron chi connectivity index (χ3n) is 2.85. The van der Waals surface area contributed by atoms with Crippen LogP contribution in [-0.4, -0.2) is 23.1 Å². The molecule has 1 aromatic rings. The van der Waals surface area contributed by atoms with Crippen LogP contribution in [0.4, 0.5) is 5.82 Å². The zero-order valence-corrected chi connectivity index (χ0v) is 10.5. The van der Waals surface area contributed by atoms with E-state index in [-0.39, 0.29) is 5.41 Å². The number of hydrogen-bond donors (Lipinski definition) is 0. The van der Waals surface area contributed by atoms with Gasteiger partial charge in [0.15, 0.2) is 0 Å². The van der Waals surface area contributed by atoms with Crippen molar-refractivity contribution >= 4 is 5.82 Å². The molecule has 1 aliphatic heterocycles. The van der Waals surface area contributed by atoms with Crippen LogP contribution in [0.2, 0.25) is 0 Å². The molecule has 0 spiro atoms. The molecule has 16 heavy (non-hydrogen) atoms. The van der Waals surface area contributed by atoms with Crippen molar-refractivity contribution in [2.24, 2.45) is 5.41 Å². The van der Waals surface area contributed by atoms with E-state index in [2.05, 4.69) is 41.7 Å². The summed E-state index contributed by atoms with van der Waals surface area (Å²) in [6.07, 6.45) is 5.29. The minimum Gasteiger partial charge on any atom is -0.357 e. The molecule has 0 amide bonds. The van der Waals surface area contributed by atoms with Crippen LogP contribution >= 0.6 is 0 Å². The zero-order chi connectivity index (χ0) is 11.6. The van der Waals surface area contributed by atoms with Gasteiger partial charge < -0.3 is 4.90 Å². The van der Waals surface area contributed by atoms with Crippen LogP contribution in [-0.2, 0) is 6.42 Å². The minimum absolute atomic E-state index is 0.288. The van der Waals surface area contributed by atoms with Crippen LogP contribution in [0.1, 0.15) is 39.3 Å². The maximum absolute atomic E-state index is 4.37. The van der Waals surface area contributed by atoms with E-state index >= 15 is 0 Å². The lowest BCUT2D eigenvalue weighted by Gasteiger charge is -2.20. The highest BCUT2D eigenvalue weighted by atomic mass is 15.2. The van der Waals surface area contributed by atoms with Crippen molar-refractivity contribution < 1.29 is 0 Å². The molecule has 3 nitrogen and oxygen atoms in total. The van der Waals surface area contributed by atoms with Crippen molar-refractivity contribution in [2.45, 2.75) is 40.0 Å². The van der Waals surface area contributed by atoms with Gasteiger partial charge in [0.25, 0.3) is 0 Å². The van der Waals surface area contributed by atoms with Gasteiger partial charge in [-0.3, -0.25) is 0 Å². The Balaban J connectivity index is 2.12. The largest absolute Gasteiger partial charge is 0.357 e. The van der Waals surface area contributed by atoms with Gasteiger partial charge in [0, 0.05) is 24.8 Å². The van der Waals surface area contributed by atoms with Crippen molar-refractivity contribution in [1.29, 1.82) is 0 Å². The Hall–Kier alpha value is -1.12. The predicted molar refractivity (Wildman–Crippen MR) is 66.6 cm³/mol. The Kier molecular flexibility index (Phi) is 3.13. The molecule has 1 aliphatic rings. The normalized spacial score (nSPS) is 16.8. The first-order valence-corrected chi connectivity index (χ1v) is 6.10. The zero-order valence-electron chi connectivity index (χ0n) is 10.5.